The SMILES string of the molecule is Cn1nc(-c2ccc(F)cn2)c(-c2ccc(Br)cc2)c1N. The average Bonchev–Trinajstić information content (AvgIpc) is 2.77. The van der Waals surface area contributed by atoms with Gasteiger partial charge in [0.2, 0.25) is 0 Å². The molecule has 2 heterocycles. The van der Waals surface area contributed by atoms with Gasteiger partial charge in [0, 0.05) is 11.5 Å². The number of hydrogen-bond acceptors (Lipinski definition) is 3. The number of hydrogen-bond donors (Lipinski definition) is 1. The first-order valence-electron chi connectivity index (χ1n) is 6.26. The fraction of sp³-hybridized carbons (Fsp3) is 0.0667. The minimum Gasteiger partial charge on any atom is -0.383 e. The molecule has 6 heteroatoms. The molecule has 0 radical (unpaired) electrons. The van der Waals surface area contributed by atoms with Gasteiger partial charge in [-0.15, -0.1) is 0 Å². The van der Waals surface area contributed by atoms with Crippen molar-refractivity contribution >= 4 is 21.7 Å². The molecular formula is C15H12BrFN4. The van der Waals surface area contributed by atoms with Gasteiger partial charge in [0.15, 0.2) is 0 Å². The number of pyridine rings is 1. The molecule has 0 aliphatic heterocycles. The number of nitrogens with zero attached hydrogens (tertiary/aromatic N) is 3. The van der Waals surface area contributed by atoms with E-state index >= 15 is 0 Å². The van der Waals surface area contributed by atoms with Gasteiger partial charge in [-0.1, -0.05) is 28.1 Å². The highest BCUT2D eigenvalue weighted by Gasteiger charge is 2.18. The highest BCUT2D eigenvalue weighted by Crippen LogP contribution is 2.35. The highest BCUT2D eigenvalue weighted by atomic mass is 79.9. The lowest BCUT2D eigenvalue weighted by Gasteiger charge is -2.04. The molecule has 21 heavy (non-hydrogen) atoms. The van der Waals surface area contributed by atoms with Crippen LogP contribution < -0.4 is 5.73 Å². The first-order valence-corrected chi connectivity index (χ1v) is 7.06. The summed E-state index contributed by atoms with van der Waals surface area (Å²) in [6, 6.07) is 10.7. The normalized spacial score (nSPS) is 10.8. The molecule has 0 saturated heterocycles. The van der Waals surface area contributed by atoms with E-state index in [1.165, 1.54) is 12.3 Å². The van der Waals surface area contributed by atoms with Crippen molar-refractivity contribution in [1.82, 2.24) is 14.8 Å². The van der Waals surface area contributed by atoms with Crippen molar-refractivity contribution in [3.05, 3.63) is 52.9 Å². The van der Waals surface area contributed by atoms with Crippen molar-refractivity contribution < 1.29 is 4.39 Å². The maximum Gasteiger partial charge on any atom is 0.141 e. The second-order valence-corrected chi connectivity index (χ2v) is 5.52. The van der Waals surface area contributed by atoms with Gasteiger partial charge in [-0.3, -0.25) is 9.67 Å². The number of benzene rings is 1. The number of nitrogen functional groups attached to an aromatic ring is 1. The lowest BCUT2D eigenvalue weighted by Crippen LogP contribution is -1.97. The Morgan fingerprint density at radius 3 is 2.48 bits per heavy atom. The number of rotatable bonds is 2. The molecule has 3 rings (SSSR count). The Balaban J connectivity index is 2.20. The Hall–Kier alpha value is -2.21. The average molecular weight is 347 g/mol. The topological polar surface area (TPSA) is 56.7 Å². The third-order valence-electron chi connectivity index (χ3n) is 3.19. The maximum absolute atomic E-state index is 13.0. The van der Waals surface area contributed by atoms with Crippen LogP contribution in [0.3, 0.4) is 0 Å². The van der Waals surface area contributed by atoms with Crippen LogP contribution >= 0.6 is 15.9 Å². The van der Waals surface area contributed by atoms with Crippen molar-refractivity contribution in [2.75, 3.05) is 5.73 Å². The zero-order chi connectivity index (χ0) is 15.0. The molecule has 0 fully saturated rings. The number of halogens is 2. The van der Waals surface area contributed by atoms with E-state index in [0.29, 0.717) is 17.2 Å². The lowest BCUT2D eigenvalue weighted by atomic mass is 10.0. The monoisotopic (exact) mass is 346 g/mol. The lowest BCUT2D eigenvalue weighted by molar-refractivity contribution is 0.621. The van der Waals surface area contributed by atoms with Crippen LogP contribution in [0.25, 0.3) is 22.5 Å². The van der Waals surface area contributed by atoms with Gasteiger partial charge in [-0.05, 0) is 29.8 Å². The Kier molecular flexibility index (Phi) is 3.47. The molecule has 0 bridgehead atoms. The van der Waals surface area contributed by atoms with E-state index in [-0.39, 0.29) is 5.82 Å². The van der Waals surface area contributed by atoms with Gasteiger partial charge >= 0.3 is 0 Å². The third kappa shape index (κ3) is 2.54. The molecule has 2 aromatic heterocycles. The first-order chi connectivity index (χ1) is 10.1. The largest absolute Gasteiger partial charge is 0.383 e. The Morgan fingerprint density at radius 1 is 1.14 bits per heavy atom. The van der Waals surface area contributed by atoms with E-state index in [2.05, 4.69) is 26.0 Å². The Bertz CT molecular complexity index is 779. The first kappa shape index (κ1) is 13.8. The van der Waals surface area contributed by atoms with E-state index in [1.54, 1.807) is 17.8 Å². The fourth-order valence-corrected chi connectivity index (χ4v) is 2.40. The molecule has 0 saturated carbocycles. The molecule has 0 spiro atoms. The second-order valence-electron chi connectivity index (χ2n) is 4.60. The van der Waals surface area contributed by atoms with Crippen molar-refractivity contribution in [2.45, 2.75) is 0 Å². The summed E-state index contributed by atoms with van der Waals surface area (Å²) in [5.41, 5.74) is 9.08. The van der Waals surface area contributed by atoms with E-state index in [0.717, 1.165) is 15.6 Å². The van der Waals surface area contributed by atoms with Crippen LogP contribution in [0.1, 0.15) is 0 Å². The molecule has 2 N–H and O–H groups in total. The molecule has 106 valence electrons. The van der Waals surface area contributed by atoms with Crippen LogP contribution in [0.4, 0.5) is 10.2 Å². The molecule has 0 amide bonds. The Morgan fingerprint density at radius 2 is 1.86 bits per heavy atom. The smallest absolute Gasteiger partial charge is 0.141 e. The van der Waals surface area contributed by atoms with Crippen molar-refractivity contribution in [2.24, 2.45) is 7.05 Å². The third-order valence-corrected chi connectivity index (χ3v) is 3.72. The summed E-state index contributed by atoms with van der Waals surface area (Å²) >= 11 is 3.41. The van der Waals surface area contributed by atoms with Gasteiger partial charge < -0.3 is 5.73 Å². The zero-order valence-electron chi connectivity index (χ0n) is 11.2. The van der Waals surface area contributed by atoms with Gasteiger partial charge in [0.25, 0.3) is 0 Å². The molecule has 1 aromatic carbocycles. The predicted octanol–water partition coefficient (Wildman–Crippen LogP) is 3.63. The summed E-state index contributed by atoms with van der Waals surface area (Å²) in [5, 5.41) is 4.40. The second kappa shape index (κ2) is 5.29. The molecule has 0 aliphatic rings. The van der Waals surface area contributed by atoms with Crippen LogP contribution in [-0.2, 0) is 7.05 Å². The zero-order valence-corrected chi connectivity index (χ0v) is 12.8. The minimum absolute atomic E-state index is 0.382. The number of aromatic nitrogens is 3. The molecule has 3 aromatic rings. The summed E-state index contributed by atoms with van der Waals surface area (Å²) in [6.45, 7) is 0. The summed E-state index contributed by atoms with van der Waals surface area (Å²) < 4.78 is 15.6. The van der Waals surface area contributed by atoms with E-state index in [9.17, 15) is 4.39 Å². The molecule has 0 unspecified atom stereocenters. The summed E-state index contributed by atoms with van der Waals surface area (Å²) in [4.78, 5) is 4.09. The van der Waals surface area contributed by atoms with Crippen molar-refractivity contribution in [1.29, 1.82) is 0 Å². The van der Waals surface area contributed by atoms with Crippen LogP contribution in [0.2, 0.25) is 0 Å². The quantitative estimate of drug-likeness (QED) is 0.770. The number of anilines is 1. The Labute approximate surface area is 129 Å². The summed E-state index contributed by atoms with van der Waals surface area (Å²) in [6.07, 6.45) is 1.17. The van der Waals surface area contributed by atoms with E-state index < -0.39 is 0 Å². The maximum atomic E-state index is 13.0. The van der Waals surface area contributed by atoms with Crippen LogP contribution in [0, 0.1) is 5.82 Å². The van der Waals surface area contributed by atoms with Crippen LogP contribution in [-0.4, -0.2) is 14.8 Å². The van der Waals surface area contributed by atoms with Crippen LogP contribution in [0.15, 0.2) is 47.1 Å². The standard InChI is InChI=1S/C15H12BrFN4/c1-21-15(18)13(9-2-4-10(16)5-3-9)14(20-21)12-7-6-11(17)8-19-12/h2-8H,18H2,1H3. The van der Waals surface area contributed by atoms with Crippen molar-refractivity contribution in [3.8, 4) is 22.5 Å². The van der Waals surface area contributed by atoms with E-state index in [1.807, 2.05) is 24.3 Å². The summed E-state index contributed by atoms with van der Waals surface area (Å²) in [7, 11) is 1.77. The molecule has 0 aliphatic carbocycles. The molecule has 4 nitrogen and oxygen atoms in total. The molecular weight excluding hydrogens is 335 g/mol. The molecule has 0 atom stereocenters. The minimum atomic E-state index is -0.382. The van der Waals surface area contributed by atoms with Crippen molar-refractivity contribution in [3.63, 3.8) is 0 Å². The van der Waals surface area contributed by atoms with Crippen LogP contribution in [0.5, 0.6) is 0 Å². The van der Waals surface area contributed by atoms with Gasteiger partial charge in [0.05, 0.1) is 17.5 Å². The van der Waals surface area contributed by atoms with Gasteiger partial charge in [0.1, 0.15) is 17.3 Å². The summed E-state index contributed by atoms with van der Waals surface area (Å²) in [5.74, 6) is 0.159. The number of nitrogens with two attached hydrogens (primary N) is 1. The fourth-order valence-electron chi connectivity index (χ4n) is 2.13. The van der Waals surface area contributed by atoms with Gasteiger partial charge in [-0.2, -0.15) is 5.10 Å². The van der Waals surface area contributed by atoms with E-state index in [4.69, 9.17) is 5.73 Å². The predicted molar refractivity (Wildman–Crippen MR) is 83.9 cm³/mol. The highest BCUT2D eigenvalue weighted by molar-refractivity contribution is 9.10. The number of aryl methyl sites for hydroxylation is 1. The van der Waals surface area contributed by atoms with Gasteiger partial charge in [-0.25, -0.2) is 4.39 Å².